The lowest BCUT2D eigenvalue weighted by Gasteiger charge is -2.67. The van der Waals surface area contributed by atoms with E-state index in [1.807, 2.05) is 38.1 Å². The van der Waals surface area contributed by atoms with Crippen molar-refractivity contribution in [2.45, 2.75) is 105 Å². The highest BCUT2D eigenvalue weighted by Gasteiger charge is 2.63. The molecule has 1 fully saturated rings. The second kappa shape index (κ2) is 16.5. The first-order chi connectivity index (χ1) is 22.4. The van der Waals surface area contributed by atoms with Gasteiger partial charge in [0.2, 0.25) is 5.91 Å². The van der Waals surface area contributed by atoms with Crippen LogP contribution >= 0.6 is 11.6 Å². The lowest BCUT2D eigenvalue weighted by atomic mass is 9.47. The number of allylic oxidation sites excluding steroid dienone is 2. The summed E-state index contributed by atoms with van der Waals surface area (Å²) in [5.41, 5.74) is 3.39. The highest BCUT2D eigenvalue weighted by molar-refractivity contribution is 6.32. The molecule has 9 heteroatoms. The number of nitrogens with one attached hydrogen (secondary N) is 3. The molecule has 1 aromatic carbocycles. The Kier molecular flexibility index (Phi) is 13.5. The van der Waals surface area contributed by atoms with Crippen molar-refractivity contribution in [3.05, 3.63) is 63.9 Å². The monoisotopic (exact) mass is 677 g/mol. The predicted octanol–water partition coefficient (Wildman–Crippen LogP) is 6.28. The molecule has 8 nitrogen and oxygen atoms in total. The Hall–Kier alpha value is -3.11. The molecule has 0 aromatic heterocycles. The van der Waals surface area contributed by atoms with Crippen LogP contribution in [0.4, 0.5) is 0 Å². The molecule has 0 radical (unpaired) electrons. The van der Waals surface area contributed by atoms with Crippen LogP contribution in [-0.4, -0.2) is 72.9 Å². The van der Waals surface area contributed by atoms with E-state index in [1.54, 1.807) is 6.08 Å². The van der Waals surface area contributed by atoms with Crippen LogP contribution in [0.1, 0.15) is 85.4 Å². The number of hydrogen-bond donors (Lipinski definition) is 4. The Morgan fingerprint density at radius 2 is 1.92 bits per heavy atom. The molecular formula is C39H56ClN5O3. The highest BCUT2D eigenvalue weighted by Crippen LogP contribution is 2.56. The van der Waals surface area contributed by atoms with E-state index in [4.69, 9.17) is 16.3 Å². The largest absolute Gasteiger partial charge is 0.516 e. The van der Waals surface area contributed by atoms with Gasteiger partial charge in [-0.25, -0.2) is 0 Å². The number of benzene rings is 1. The molecule has 2 aliphatic rings. The van der Waals surface area contributed by atoms with Crippen molar-refractivity contribution < 1.29 is 14.6 Å². The molecule has 2 aliphatic carbocycles. The van der Waals surface area contributed by atoms with Gasteiger partial charge in [0.05, 0.1) is 29.5 Å². The number of carbonyl (C=O) groups excluding carboxylic acids is 1. The molecule has 4 N–H and O–H groups in total. The first-order valence-corrected chi connectivity index (χ1v) is 17.3. The molecule has 262 valence electrons. The molecule has 48 heavy (non-hydrogen) atoms. The summed E-state index contributed by atoms with van der Waals surface area (Å²) in [5.74, 6) is 6.47. The molecule has 0 bridgehead atoms. The molecule has 3 rings (SSSR count). The van der Waals surface area contributed by atoms with Crippen LogP contribution in [0.15, 0.2) is 47.2 Å². The van der Waals surface area contributed by atoms with Gasteiger partial charge >= 0.3 is 0 Å². The number of hydrogen-bond acceptors (Lipinski definition) is 7. The number of aliphatic hydroxyl groups excluding tert-OH is 1. The Labute approximate surface area is 294 Å². The van der Waals surface area contributed by atoms with Gasteiger partial charge in [-0.05, 0) is 79.0 Å². The SMILES string of the molecule is CC(C#Cc1ccc(/C=C/O)c(CN(C)C2C(C)(C)C(NC3C=C(Cl)C(C#N)=CC3)C2(C)C)c1)NCCOCC(=O)NC(C)C(C)(C)C. The fraction of sp³-hybridized carbons (Fsp3) is 0.590. The maximum Gasteiger partial charge on any atom is 0.246 e. The van der Waals surface area contributed by atoms with Crippen molar-refractivity contribution in [1.29, 1.82) is 5.26 Å². The Morgan fingerprint density at radius 3 is 2.52 bits per heavy atom. The van der Waals surface area contributed by atoms with Crippen molar-refractivity contribution in [3.63, 3.8) is 0 Å². The standard InChI is InChI=1S/C39H56ClN5O3/c1-26(42-18-20-48-25-34(47)43-27(2)37(3,4)5)11-12-28-13-14-29(17-19-46)31(21-28)24-45(10)36-38(6,7)35(39(36,8)9)44-32-16-15-30(23-41)33(40)22-32/h13-15,17,19,21-22,26-27,32,35-36,42,44,46H,16,18,20,24-25H2,1-10H3,(H,43,47)/b19-17+. The predicted molar refractivity (Wildman–Crippen MR) is 196 cm³/mol. The molecule has 0 spiro atoms. The van der Waals surface area contributed by atoms with Gasteiger partial charge in [0.25, 0.3) is 0 Å². The normalized spacial score (nSPS) is 22.9. The first-order valence-electron chi connectivity index (χ1n) is 16.9. The van der Waals surface area contributed by atoms with Crippen molar-refractivity contribution in [1.82, 2.24) is 20.9 Å². The lowest BCUT2D eigenvalue weighted by Crippen LogP contribution is -2.77. The van der Waals surface area contributed by atoms with Gasteiger partial charge in [0, 0.05) is 42.8 Å². The van der Waals surface area contributed by atoms with Crippen LogP contribution in [0.5, 0.6) is 0 Å². The van der Waals surface area contributed by atoms with Crippen molar-refractivity contribution in [2.24, 2.45) is 16.2 Å². The maximum atomic E-state index is 12.1. The van der Waals surface area contributed by atoms with Gasteiger partial charge in [-0.15, -0.1) is 0 Å². The summed E-state index contributed by atoms with van der Waals surface area (Å²) in [7, 11) is 2.16. The van der Waals surface area contributed by atoms with E-state index < -0.39 is 0 Å². The van der Waals surface area contributed by atoms with Crippen LogP contribution in [0.25, 0.3) is 6.08 Å². The third-order valence-corrected chi connectivity index (χ3v) is 10.2. The van der Waals surface area contributed by atoms with Crippen LogP contribution in [0, 0.1) is 39.4 Å². The van der Waals surface area contributed by atoms with E-state index in [0.717, 1.165) is 29.4 Å². The minimum atomic E-state index is -0.108. The Bertz CT molecular complexity index is 1470. The number of carbonyl (C=O) groups is 1. The zero-order valence-corrected chi connectivity index (χ0v) is 31.3. The van der Waals surface area contributed by atoms with Crippen LogP contribution in [0.2, 0.25) is 0 Å². The Balaban J connectivity index is 1.59. The van der Waals surface area contributed by atoms with Gasteiger partial charge in [-0.1, -0.05) is 84.1 Å². The van der Waals surface area contributed by atoms with E-state index in [2.05, 4.69) is 100 Å². The fourth-order valence-corrected chi connectivity index (χ4v) is 7.76. The molecule has 3 atom stereocenters. The van der Waals surface area contributed by atoms with E-state index in [1.165, 1.54) is 0 Å². The summed E-state index contributed by atoms with van der Waals surface area (Å²) in [5, 5.41) is 29.6. The topological polar surface area (TPSA) is 110 Å². The summed E-state index contributed by atoms with van der Waals surface area (Å²) >= 11 is 6.36. The lowest BCUT2D eigenvalue weighted by molar-refractivity contribution is -0.147. The van der Waals surface area contributed by atoms with Gasteiger partial charge < -0.3 is 25.8 Å². The minimum absolute atomic E-state index is 0.00396. The zero-order chi connectivity index (χ0) is 35.9. The van der Waals surface area contributed by atoms with Gasteiger partial charge in [-0.2, -0.15) is 5.26 Å². The second-order valence-electron chi connectivity index (χ2n) is 15.5. The van der Waals surface area contributed by atoms with Crippen LogP contribution in [0.3, 0.4) is 0 Å². The number of rotatable bonds is 13. The fourth-order valence-electron chi connectivity index (χ4n) is 7.49. The van der Waals surface area contributed by atoms with E-state index in [9.17, 15) is 15.2 Å². The number of ether oxygens (including phenoxy) is 1. The van der Waals surface area contributed by atoms with Crippen molar-refractivity contribution >= 4 is 23.6 Å². The summed E-state index contributed by atoms with van der Waals surface area (Å²) in [6, 6.07) is 8.84. The van der Waals surface area contributed by atoms with Gasteiger partial charge in [0.1, 0.15) is 12.7 Å². The van der Waals surface area contributed by atoms with Gasteiger partial charge in [-0.3, -0.25) is 9.69 Å². The zero-order valence-electron chi connectivity index (χ0n) is 30.5. The van der Waals surface area contributed by atoms with E-state index in [0.29, 0.717) is 30.3 Å². The maximum absolute atomic E-state index is 12.1. The third kappa shape index (κ3) is 9.97. The summed E-state index contributed by atoms with van der Waals surface area (Å²) < 4.78 is 5.55. The highest BCUT2D eigenvalue weighted by atomic mass is 35.5. The molecule has 1 saturated carbocycles. The molecule has 1 aromatic rings. The number of aliphatic hydroxyl groups is 1. The molecule has 0 heterocycles. The number of amides is 1. The minimum Gasteiger partial charge on any atom is -0.516 e. The molecular weight excluding hydrogens is 622 g/mol. The average molecular weight is 678 g/mol. The first kappa shape index (κ1) is 39.3. The van der Waals surface area contributed by atoms with Gasteiger partial charge in [0.15, 0.2) is 0 Å². The van der Waals surface area contributed by atoms with Crippen molar-refractivity contribution in [2.75, 3.05) is 26.8 Å². The molecule has 0 aliphatic heterocycles. The second-order valence-corrected chi connectivity index (χ2v) is 15.9. The summed E-state index contributed by atoms with van der Waals surface area (Å²) in [6.45, 7) is 21.2. The van der Waals surface area contributed by atoms with Crippen LogP contribution in [-0.2, 0) is 16.1 Å². The number of nitrogens with zero attached hydrogens (tertiary/aromatic N) is 2. The van der Waals surface area contributed by atoms with Crippen molar-refractivity contribution in [3.8, 4) is 17.9 Å². The smallest absolute Gasteiger partial charge is 0.246 e. The summed E-state index contributed by atoms with van der Waals surface area (Å²) in [4.78, 5) is 14.5. The number of halogens is 1. The quantitative estimate of drug-likeness (QED) is 0.111. The number of nitriles is 1. The Morgan fingerprint density at radius 1 is 1.23 bits per heavy atom. The molecule has 3 unspecified atom stereocenters. The molecule has 0 saturated heterocycles. The summed E-state index contributed by atoms with van der Waals surface area (Å²) in [6.07, 6.45) is 7.42. The molecule has 1 amide bonds. The van der Waals surface area contributed by atoms with E-state index >= 15 is 0 Å². The third-order valence-electron chi connectivity index (χ3n) is 9.88. The average Bonchev–Trinajstić information content (AvgIpc) is 2.99. The van der Waals surface area contributed by atoms with Crippen LogP contribution < -0.4 is 16.0 Å². The van der Waals surface area contributed by atoms with E-state index in [-0.39, 0.29) is 59.0 Å².